The van der Waals surface area contributed by atoms with E-state index in [0.29, 0.717) is 18.0 Å². The van der Waals surface area contributed by atoms with E-state index in [0.717, 1.165) is 19.3 Å². The molecule has 2 unspecified atom stereocenters. The fraction of sp³-hybridized carbons (Fsp3) is 0.750. The number of nitrogens with zero attached hydrogens (tertiary/aromatic N) is 2. The van der Waals surface area contributed by atoms with Crippen LogP contribution < -0.4 is 11.4 Å². The maximum absolute atomic E-state index is 11.7. The standard InChI is InChI=1S/C12H18N4O3S/c1-19-9(17)12(13)5-4-8(6-12)20-11-15-14-10(18)16(11)7-2-3-7/h7-8H,2-6,13H2,1H3,(H,14,18). The zero-order chi connectivity index (χ0) is 14.3. The van der Waals surface area contributed by atoms with Gasteiger partial charge in [-0.1, -0.05) is 11.8 Å². The molecule has 2 saturated carbocycles. The lowest BCUT2D eigenvalue weighted by Gasteiger charge is -2.20. The topological polar surface area (TPSA) is 103 Å². The van der Waals surface area contributed by atoms with Crippen LogP contribution >= 0.6 is 11.8 Å². The van der Waals surface area contributed by atoms with Gasteiger partial charge in [0.1, 0.15) is 5.54 Å². The smallest absolute Gasteiger partial charge is 0.344 e. The van der Waals surface area contributed by atoms with Crippen molar-refractivity contribution in [2.75, 3.05) is 7.11 Å². The number of nitrogens with two attached hydrogens (primary N) is 1. The Morgan fingerprint density at radius 1 is 1.55 bits per heavy atom. The summed E-state index contributed by atoms with van der Waals surface area (Å²) >= 11 is 1.53. The van der Waals surface area contributed by atoms with Gasteiger partial charge in [0.15, 0.2) is 5.16 Å². The molecule has 0 bridgehead atoms. The van der Waals surface area contributed by atoms with Crippen LogP contribution in [0.5, 0.6) is 0 Å². The van der Waals surface area contributed by atoms with Crippen molar-refractivity contribution in [3.8, 4) is 0 Å². The minimum atomic E-state index is -0.895. The number of carbonyl (C=O) groups is 1. The zero-order valence-electron chi connectivity index (χ0n) is 11.3. The number of H-pyrrole nitrogens is 1. The van der Waals surface area contributed by atoms with Crippen LogP contribution in [0.15, 0.2) is 9.95 Å². The second kappa shape index (κ2) is 4.92. The van der Waals surface area contributed by atoms with Gasteiger partial charge in [-0.25, -0.2) is 9.89 Å². The molecule has 7 nitrogen and oxygen atoms in total. The van der Waals surface area contributed by atoms with E-state index in [-0.39, 0.29) is 23.0 Å². The normalized spacial score (nSPS) is 29.6. The fourth-order valence-electron chi connectivity index (χ4n) is 2.70. The molecular weight excluding hydrogens is 280 g/mol. The van der Waals surface area contributed by atoms with Crippen LogP contribution in [0.1, 0.15) is 38.1 Å². The summed E-state index contributed by atoms with van der Waals surface area (Å²) in [5, 5.41) is 7.48. The first-order valence-electron chi connectivity index (χ1n) is 6.74. The molecule has 2 aliphatic rings. The van der Waals surface area contributed by atoms with Crippen molar-refractivity contribution in [3.63, 3.8) is 0 Å². The van der Waals surface area contributed by atoms with Gasteiger partial charge in [0.2, 0.25) is 0 Å². The molecule has 0 aromatic carbocycles. The Morgan fingerprint density at radius 3 is 2.95 bits per heavy atom. The average Bonchev–Trinajstić information content (AvgIpc) is 3.10. The number of ether oxygens (including phenoxy) is 1. The Balaban J connectivity index is 1.71. The first kappa shape index (κ1) is 13.7. The summed E-state index contributed by atoms with van der Waals surface area (Å²) in [5.41, 5.74) is 5.04. The van der Waals surface area contributed by atoms with Crippen molar-refractivity contribution in [3.05, 3.63) is 10.5 Å². The summed E-state index contributed by atoms with van der Waals surface area (Å²) in [6.07, 6.45) is 4.04. The minimum absolute atomic E-state index is 0.153. The van der Waals surface area contributed by atoms with Crippen LogP contribution in [0, 0.1) is 0 Å². The van der Waals surface area contributed by atoms with Crippen molar-refractivity contribution < 1.29 is 9.53 Å². The third-order valence-electron chi connectivity index (χ3n) is 3.95. The molecule has 0 amide bonds. The monoisotopic (exact) mass is 298 g/mol. The molecule has 0 radical (unpaired) electrons. The maximum Gasteiger partial charge on any atom is 0.344 e. The van der Waals surface area contributed by atoms with Gasteiger partial charge in [0.05, 0.1) is 7.11 Å². The molecule has 0 saturated heterocycles. The van der Waals surface area contributed by atoms with Crippen LogP contribution in [-0.2, 0) is 9.53 Å². The summed E-state index contributed by atoms with van der Waals surface area (Å²) in [7, 11) is 1.36. The van der Waals surface area contributed by atoms with Gasteiger partial charge >= 0.3 is 11.7 Å². The zero-order valence-corrected chi connectivity index (χ0v) is 12.1. The van der Waals surface area contributed by atoms with Gasteiger partial charge in [0.25, 0.3) is 0 Å². The molecule has 0 spiro atoms. The van der Waals surface area contributed by atoms with E-state index in [4.69, 9.17) is 10.5 Å². The number of thioether (sulfide) groups is 1. The summed E-state index contributed by atoms with van der Waals surface area (Å²) in [4.78, 5) is 23.4. The summed E-state index contributed by atoms with van der Waals surface area (Å²) in [5.74, 6) is -0.359. The molecule has 1 aromatic heterocycles. The summed E-state index contributed by atoms with van der Waals surface area (Å²) in [6.45, 7) is 0. The van der Waals surface area contributed by atoms with E-state index >= 15 is 0 Å². The van der Waals surface area contributed by atoms with E-state index in [1.165, 1.54) is 18.9 Å². The highest BCUT2D eigenvalue weighted by molar-refractivity contribution is 7.99. The number of aromatic nitrogens is 3. The minimum Gasteiger partial charge on any atom is -0.468 e. The molecule has 2 aliphatic carbocycles. The third-order valence-corrected chi connectivity index (χ3v) is 5.19. The van der Waals surface area contributed by atoms with Crippen molar-refractivity contribution >= 4 is 17.7 Å². The molecule has 8 heteroatoms. The first-order chi connectivity index (χ1) is 9.53. The van der Waals surface area contributed by atoms with Gasteiger partial charge in [-0.3, -0.25) is 9.36 Å². The Labute approximate surface area is 120 Å². The van der Waals surface area contributed by atoms with Gasteiger partial charge < -0.3 is 10.5 Å². The number of nitrogens with one attached hydrogen (secondary N) is 1. The maximum atomic E-state index is 11.7. The predicted octanol–water partition coefficient (Wildman–Crippen LogP) is 0.421. The summed E-state index contributed by atoms with van der Waals surface area (Å²) < 4.78 is 6.48. The number of aromatic amines is 1. The van der Waals surface area contributed by atoms with Crippen LogP contribution in [0.2, 0.25) is 0 Å². The molecule has 0 aliphatic heterocycles. The van der Waals surface area contributed by atoms with E-state index in [9.17, 15) is 9.59 Å². The Morgan fingerprint density at radius 2 is 2.30 bits per heavy atom. The highest BCUT2D eigenvalue weighted by atomic mass is 32.2. The van der Waals surface area contributed by atoms with E-state index in [1.807, 2.05) is 0 Å². The van der Waals surface area contributed by atoms with Crippen LogP contribution in [0.3, 0.4) is 0 Å². The van der Waals surface area contributed by atoms with Crippen LogP contribution in [0.4, 0.5) is 0 Å². The lowest BCUT2D eigenvalue weighted by atomic mass is 10.00. The number of rotatable bonds is 4. The van der Waals surface area contributed by atoms with Crippen molar-refractivity contribution in [2.24, 2.45) is 5.73 Å². The van der Waals surface area contributed by atoms with Crippen LogP contribution in [0.25, 0.3) is 0 Å². The molecule has 2 fully saturated rings. The van der Waals surface area contributed by atoms with Crippen molar-refractivity contribution in [2.45, 2.75) is 54.1 Å². The highest BCUT2D eigenvalue weighted by Crippen LogP contribution is 2.41. The number of carbonyl (C=O) groups excluding carboxylic acids is 1. The SMILES string of the molecule is COC(=O)C1(N)CCC(Sc2n[nH]c(=O)n2C2CC2)C1. The highest BCUT2D eigenvalue weighted by Gasteiger charge is 2.44. The van der Waals surface area contributed by atoms with E-state index in [1.54, 1.807) is 4.57 Å². The molecule has 110 valence electrons. The largest absolute Gasteiger partial charge is 0.468 e. The molecular formula is C12H18N4O3S. The van der Waals surface area contributed by atoms with E-state index in [2.05, 4.69) is 10.2 Å². The average molecular weight is 298 g/mol. The molecule has 3 N–H and O–H groups in total. The summed E-state index contributed by atoms with van der Waals surface area (Å²) in [6, 6.07) is 0.286. The Hall–Kier alpha value is -1.28. The van der Waals surface area contributed by atoms with Crippen LogP contribution in [-0.4, -0.2) is 38.6 Å². The number of esters is 1. The van der Waals surface area contributed by atoms with Crippen molar-refractivity contribution in [1.29, 1.82) is 0 Å². The van der Waals surface area contributed by atoms with Gasteiger partial charge in [-0.15, -0.1) is 5.10 Å². The van der Waals surface area contributed by atoms with Crippen molar-refractivity contribution in [1.82, 2.24) is 14.8 Å². The lowest BCUT2D eigenvalue weighted by molar-refractivity contribution is -0.146. The number of hydrogen-bond acceptors (Lipinski definition) is 6. The van der Waals surface area contributed by atoms with Gasteiger partial charge in [-0.2, -0.15) is 0 Å². The predicted molar refractivity (Wildman–Crippen MR) is 73.5 cm³/mol. The molecule has 2 atom stereocenters. The second-order valence-electron chi connectivity index (χ2n) is 5.54. The van der Waals surface area contributed by atoms with Gasteiger partial charge in [0, 0.05) is 11.3 Å². The second-order valence-corrected chi connectivity index (χ2v) is 6.81. The molecule has 1 heterocycles. The molecule has 20 heavy (non-hydrogen) atoms. The third kappa shape index (κ3) is 2.37. The number of methoxy groups -OCH3 is 1. The fourth-order valence-corrected chi connectivity index (χ4v) is 4.05. The number of hydrogen-bond donors (Lipinski definition) is 2. The lowest BCUT2D eigenvalue weighted by Crippen LogP contribution is -2.46. The molecule has 3 rings (SSSR count). The Bertz CT molecular complexity index is 580. The molecule has 1 aromatic rings. The quantitative estimate of drug-likeness (QED) is 0.781. The van der Waals surface area contributed by atoms with E-state index < -0.39 is 5.54 Å². The first-order valence-corrected chi connectivity index (χ1v) is 7.62. The van der Waals surface area contributed by atoms with Gasteiger partial charge in [-0.05, 0) is 32.1 Å². The Kier molecular flexibility index (Phi) is 3.37.